The first-order chi connectivity index (χ1) is 8.06. The normalized spacial score (nSPS) is 10.4. The van der Waals surface area contributed by atoms with E-state index in [0.29, 0.717) is 12.1 Å². The molecule has 0 unspecified atom stereocenters. The summed E-state index contributed by atoms with van der Waals surface area (Å²) < 4.78 is 51.4. The fraction of sp³-hybridized carbons (Fsp3) is 0. The van der Waals surface area contributed by atoms with Crippen LogP contribution in [-0.4, -0.2) is 9.97 Å². The molecule has 0 aliphatic heterocycles. The summed E-state index contributed by atoms with van der Waals surface area (Å²) in [5.74, 6) is -4.43. The monoisotopic (exact) mass is 243 g/mol. The molecule has 7 heteroatoms. The van der Waals surface area contributed by atoms with E-state index in [-0.39, 0.29) is 11.5 Å². The molecule has 3 nitrogen and oxygen atoms in total. The van der Waals surface area contributed by atoms with Crippen LogP contribution < -0.4 is 5.32 Å². The van der Waals surface area contributed by atoms with Crippen molar-refractivity contribution in [1.82, 2.24) is 9.97 Å². The van der Waals surface area contributed by atoms with Crippen LogP contribution in [0.3, 0.4) is 0 Å². The zero-order valence-corrected chi connectivity index (χ0v) is 8.22. The molecule has 1 aromatic heterocycles. The van der Waals surface area contributed by atoms with Crippen LogP contribution in [0.2, 0.25) is 0 Å². The van der Waals surface area contributed by atoms with Crippen LogP contribution in [0.5, 0.6) is 0 Å². The van der Waals surface area contributed by atoms with Crippen molar-refractivity contribution in [1.29, 1.82) is 0 Å². The van der Waals surface area contributed by atoms with Crippen molar-refractivity contribution in [3.63, 3.8) is 0 Å². The Hall–Kier alpha value is -2.18. The first-order valence-corrected chi connectivity index (χ1v) is 4.45. The van der Waals surface area contributed by atoms with Gasteiger partial charge in [-0.05, 0) is 0 Å². The molecule has 0 saturated heterocycles. The summed E-state index contributed by atoms with van der Waals surface area (Å²) in [6.07, 6.45) is 0.912. The lowest BCUT2D eigenvalue weighted by atomic mass is 10.3. The highest BCUT2D eigenvalue weighted by molar-refractivity contribution is 5.56. The largest absolute Gasteiger partial charge is 0.338 e. The van der Waals surface area contributed by atoms with Crippen LogP contribution >= 0.6 is 0 Å². The summed E-state index contributed by atoms with van der Waals surface area (Å²) in [6.45, 7) is 0. The number of hydrogen-bond donors (Lipinski definition) is 1. The van der Waals surface area contributed by atoms with E-state index < -0.39 is 23.4 Å². The number of halogens is 4. The maximum absolute atomic E-state index is 13.2. The molecule has 0 radical (unpaired) electrons. The first-order valence-electron chi connectivity index (χ1n) is 4.45. The molecule has 0 amide bonds. The number of aromatic nitrogens is 2. The summed E-state index contributed by atoms with van der Waals surface area (Å²) in [7, 11) is 0. The van der Waals surface area contributed by atoms with Gasteiger partial charge in [0.1, 0.15) is 18.0 Å². The lowest BCUT2D eigenvalue weighted by molar-refractivity contribution is 0.496. The molecule has 0 saturated carbocycles. The summed E-state index contributed by atoms with van der Waals surface area (Å²) >= 11 is 0. The van der Waals surface area contributed by atoms with Crippen LogP contribution in [0.1, 0.15) is 0 Å². The minimum absolute atomic E-state index is 0.0672. The van der Waals surface area contributed by atoms with Crippen LogP contribution in [-0.2, 0) is 0 Å². The lowest BCUT2D eigenvalue weighted by Gasteiger charge is -2.06. The Kier molecular flexibility index (Phi) is 2.90. The Morgan fingerprint density at radius 2 is 1.53 bits per heavy atom. The SMILES string of the molecule is Fc1cc(Nc2cc(F)c(F)cc2F)ncn1. The van der Waals surface area contributed by atoms with E-state index in [4.69, 9.17) is 0 Å². The molecule has 17 heavy (non-hydrogen) atoms. The number of anilines is 2. The average Bonchev–Trinajstić information content (AvgIpc) is 2.26. The van der Waals surface area contributed by atoms with Crippen molar-refractivity contribution < 1.29 is 17.6 Å². The van der Waals surface area contributed by atoms with Crippen molar-refractivity contribution >= 4 is 11.5 Å². The fourth-order valence-electron chi connectivity index (χ4n) is 1.16. The van der Waals surface area contributed by atoms with Gasteiger partial charge in [-0.1, -0.05) is 0 Å². The summed E-state index contributed by atoms with van der Waals surface area (Å²) in [4.78, 5) is 6.77. The van der Waals surface area contributed by atoms with Gasteiger partial charge in [0.2, 0.25) is 5.95 Å². The van der Waals surface area contributed by atoms with E-state index in [9.17, 15) is 17.6 Å². The van der Waals surface area contributed by atoms with Gasteiger partial charge in [-0.15, -0.1) is 0 Å². The topological polar surface area (TPSA) is 37.8 Å². The smallest absolute Gasteiger partial charge is 0.218 e. The Balaban J connectivity index is 2.33. The molecule has 1 aromatic carbocycles. The van der Waals surface area contributed by atoms with Gasteiger partial charge in [0.05, 0.1) is 5.69 Å². The third kappa shape index (κ3) is 2.49. The first kappa shape index (κ1) is 11.3. The van der Waals surface area contributed by atoms with Crippen LogP contribution in [0.15, 0.2) is 24.5 Å². The second-order valence-corrected chi connectivity index (χ2v) is 3.10. The zero-order chi connectivity index (χ0) is 12.4. The summed E-state index contributed by atoms with van der Waals surface area (Å²) in [5.41, 5.74) is -0.345. The van der Waals surface area contributed by atoms with Gasteiger partial charge >= 0.3 is 0 Å². The van der Waals surface area contributed by atoms with Crippen LogP contribution in [0.4, 0.5) is 29.1 Å². The van der Waals surface area contributed by atoms with E-state index in [2.05, 4.69) is 15.3 Å². The molecule has 2 aromatic rings. The maximum Gasteiger partial charge on any atom is 0.218 e. The highest BCUT2D eigenvalue weighted by atomic mass is 19.2. The minimum atomic E-state index is -1.30. The van der Waals surface area contributed by atoms with Gasteiger partial charge < -0.3 is 5.32 Å². The number of benzene rings is 1. The Bertz CT molecular complexity index is 559. The third-order valence-corrected chi connectivity index (χ3v) is 1.91. The minimum Gasteiger partial charge on any atom is -0.338 e. The molecule has 0 spiro atoms. The van der Waals surface area contributed by atoms with E-state index in [1.54, 1.807) is 0 Å². The van der Waals surface area contributed by atoms with Crippen molar-refractivity contribution in [2.24, 2.45) is 0 Å². The Morgan fingerprint density at radius 1 is 0.824 bits per heavy atom. The number of rotatable bonds is 2. The van der Waals surface area contributed by atoms with Crippen LogP contribution in [0, 0.1) is 23.4 Å². The van der Waals surface area contributed by atoms with Gasteiger partial charge in [0.15, 0.2) is 11.6 Å². The standard InChI is InChI=1S/C10H5F4N3/c11-5-1-7(13)8(2-6(5)12)17-10-3-9(14)15-4-16-10/h1-4H,(H,15,16,17). The zero-order valence-electron chi connectivity index (χ0n) is 8.22. The molecule has 2 rings (SSSR count). The third-order valence-electron chi connectivity index (χ3n) is 1.91. The predicted molar refractivity (Wildman–Crippen MR) is 51.6 cm³/mol. The van der Waals surface area contributed by atoms with Crippen molar-refractivity contribution in [2.45, 2.75) is 0 Å². The molecule has 0 atom stereocenters. The van der Waals surface area contributed by atoms with Gasteiger partial charge in [0, 0.05) is 18.2 Å². The highest BCUT2D eigenvalue weighted by Gasteiger charge is 2.10. The molecule has 0 aliphatic carbocycles. The Morgan fingerprint density at radius 3 is 2.24 bits per heavy atom. The van der Waals surface area contributed by atoms with E-state index >= 15 is 0 Å². The van der Waals surface area contributed by atoms with E-state index in [1.807, 2.05) is 0 Å². The summed E-state index contributed by atoms with van der Waals surface area (Å²) in [6, 6.07) is 1.89. The van der Waals surface area contributed by atoms with E-state index in [1.165, 1.54) is 0 Å². The van der Waals surface area contributed by atoms with Crippen molar-refractivity contribution in [3.05, 3.63) is 47.9 Å². The number of nitrogens with zero attached hydrogens (tertiary/aromatic N) is 2. The highest BCUT2D eigenvalue weighted by Crippen LogP contribution is 2.21. The van der Waals surface area contributed by atoms with Gasteiger partial charge in [-0.25, -0.2) is 23.1 Å². The quantitative estimate of drug-likeness (QED) is 0.500. The maximum atomic E-state index is 13.2. The van der Waals surface area contributed by atoms with E-state index in [0.717, 1.165) is 12.4 Å². The van der Waals surface area contributed by atoms with Gasteiger partial charge in [-0.3, -0.25) is 0 Å². The second kappa shape index (κ2) is 4.36. The predicted octanol–water partition coefficient (Wildman–Crippen LogP) is 2.78. The molecule has 88 valence electrons. The molecule has 0 fully saturated rings. The van der Waals surface area contributed by atoms with Crippen molar-refractivity contribution in [3.8, 4) is 0 Å². The summed E-state index contributed by atoms with van der Waals surface area (Å²) in [5, 5.41) is 2.31. The Labute approximate surface area is 93.1 Å². The number of nitrogens with one attached hydrogen (secondary N) is 1. The average molecular weight is 243 g/mol. The lowest BCUT2D eigenvalue weighted by Crippen LogP contribution is -2.00. The fourth-order valence-corrected chi connectivity index (χ4v) is 1.16. The molecule has 0 aliphatic rings. The molecule has 1 N–H and O–H groups in total. The second-order valence-electron chi connectivity index (χ2n) is 3.10. The van der Waals surface area contributed by atoms with Gasteiger partial charge in [0.25, 0.3) is 0 Å². The molecule has 0 bridgehead atoms. The molecular formula is C10H5F4N3. The number of hydrogen-bond acceptors (Lipinski definition) is 3. The van der Waals surface area contributed by atoms with Gasteiger partial charge in [-0.2, -0.15) is 4.39 Å². The van der Waals surface area contributed by atoms with Crippen LogP contribution in [0.25, 0.3) is 0 Å². The van der Waals surface area contributed by atoms with Crippen molar-refractivity contribution in [2.75, 3.05) is 5.32 Å². The molecular weight excluding hydrogens is 238 g/mol. The molecule has 1 heterocycles.